The SMILES string of the molecule is CC[C@@H](COC(=O)c1ccccc1)[C@@H](CCC(C)=C1SCCCS1)OC(=O)c1ccccc1. The summed E-state index contributed by atoms with van der Waals surface area (Å²) in [4.78, 5) is 25.3. The zero-order chi connectivity index (χ0) is 23.5. The summed E-state index contributed by atoms with van der Waals surface area (Å²) in [6, 6.07) is 18.0. The first-order chi connectivity index (χ1) is 16.1. The highest BCUT2D eigenvalue weighted by Gasteiger charge is 2.27. The fourth-order valence-corrected chi connectivity index (χ4v) is 6.30. The summed E-state index contributed by atoms with van der Waals surface area (Å²) >= 11 is 3.85. The van der Waals surface area contributed by atoms with Crippen LogP contribution in [0.3, 0.4) is 0 Å². The van der Waals surface area contributed by atoms with Crippen LogP contribution < -0.4 is 0 Å². The molecule has 1 aliphatic rings. The maximum Gasteiger partial charge on any atom is 0.338 e. The van der Waals surface area contributed by atoms with Crippen molar-refractivity contribution in [3.8, 4) is 0 Å². The molecule has 3 rings (SSSR count). The van der Waals surface area contributed by atoms with Crippen molar-refractivity contribution < 1.29 is 19.1 Å². The van der Waals surface area contributed by atoms with Crippen LogP contribution in [0.15, 0.2) is 70.5 Å². The van der Waals surface area contributed by atoms with Crippen LogP contribution in [0, 0.1) is 5.92 Å². The van der Waals surface area contributed by atoms with Gasteiger partial charge in [-0.05, 0) is 68.4 Å². The molecule has 2 aromatic rings. The minimum absolute atomic E-state index is 0.0743. The van der Waals surface area contributed by atoms with Crippen molar-refractivity contribution in [2.45, 2.75) is 45.6 Å². The maximum atomic E-state index is 12.8. The molecule has 0 unspecified atom stereocenters. The number of carbonyl (C=O) groups excluding carboxylic acids is 2. The van der Waals surface area contributed by atoms with E-state index in [0.29, 0.717) is 17.5 Å². The molecule has 1 saturated heterocycles. The molecule has 1 fully saturated rings. The molecule has 2 aromatic carbocycles. The molecule has 4 nitrogen and oxygen atoms in total. The smallest absolute Gasteiger partial charge is 0.338 e. The number of thioether (sulfide) groups is 2. The second-order valence-electron chi connectivity index (χ2n) is 8.10. The molecule has 33 heavy (non-hydrogen) atoms. The Kier molecular flexibility index (Phi) is 10.4. The van der Waals surface area contributed by atoms with Gasteiger partial charge in [-0.3, -0.25) is 0 Å². The number of carbonyl (C=O) groups is 2. The predicted octanol–water partition coefficient (Wildman–Crippen LogP) is 6.98. The Morgan fingerprint density at radius 1 is 0.909 bits per heavy atom. The molecule has 176 valence electrons. The van der Waals surface area contributed by atoms with Crippen LogP contribution >= 0.6 is 23.5 Å². The first kappa shape index (κ1) is 25.4. The molecule has 1 heterocycles. The molecule has 0 amide bonds. The first-order valence-corrected chi connectivity index (χ1v) is 13.5. The van der Waals surface area contributed by atoms with Crippen molar-refractivity contribution in [3.63, 3.8) is 0 Å². The van der Waals surface area contributed by atoms with Gasteiger partial charge < -0.3 is 9.47 Å². The maximum absolute atomic E-state index is 12.8. The summed E-state index contributed by atoms with van der Waals surface area (Å²) in [5, 5.41) is 0. The van der Waals surface area contributed by atoms with Gasteiger partial charge in [0.05, 0.1) is 17.7 Å². The molecule has 0 bridgehead atoms. The van der Waals surface area contributed by atoms with Crippen LogP contribution in [0.2, 0.25) is 0 Å². The van der Waals surface area contributed by atoms with Gasteiger partial charge in [0.2, 0.25) is 0 Å². The molecule has 1 aliphatic heterocycles. The summed E-state index contributed by atoms with van der Waals surface area (Å²) in [7, 11) is 0. The minimum atomic E-state index is -0.351. The molecule has 2 atom stereocenters. The van der Waals surface area contributed by atoms with E-state index in [1.165, 1.54) is 27.7 Å². The number of hydrogen-bond acceptors (Lipinski definition) is 6. The van der Waals surface area contributed by atoms with Gasteiger partial charge in [-0.2, -0.15) is 0 Å². The highest BCUT2D eigenvalue weighted by Crippen LogP contribution is 2.38. The van der Waals surface area contributed by atoms with Crippen molar-refractivity contribution >= 4 is 35.5 Å². The minimum Gasteiger partial charge on any atom is -0.462 e. The number of allylic oxidation sites excluding steroid dienone is 1. The number of hydrogen-bond donors (Lipinski definition) is 0. The van der Waals surface area contributed by atoms with E-state index in [1.54, 1.807) is 24.3 Å². The van der Waals surface area contributed by atoms with Crippen LogP contribution in [0.5, 0.6) is 0 Å². The third-order valence-electron chi connectivity index (χ3n) is 5.66. The highest BCUT2D eigenvalue weighted by molar-refractivity contribution is 8.22. The molecule has 0 N–H and O–H groups in total. The van der Waals surface area contributed by atoms with Crippen molar-refractivity contribution in [2.24, 2.45) is 5.92 Å². The van der Waals surface area contributed by atoms with E-state index in [-0.39, 0.29) is 30.6 Å². The van der Waals surface area contributed by atoms with Gasteiger partial charge in [0.1, 0.15) is 6.10 Å². The van der Waals surface area contributed by atoms with Crippen molar-refractivity contribution in [1.29, 1.82) is 0 Å². The van der Waals surface area contributed by atoms with E-state index in [1.807, 2.05) is 66.8 Å². The third kappa shape index (κ3) is 7.97. The Labute approximate surface area is 205 Å². The standard InChI is InChI=1S/C27H32O4S2/c1-3-21(19-30-25(28)22-11-6-4-7-12-22)24(31-26(29)23-13-8-5-9-14-23)16-15-20(2)27-32-17-10-18-33-27/h4-9,11-14,21,24H,3,10,15-19H2,1-2H3/t21-,24+/m0/s1. The normalized spacial score (nSPS) is 15.4. The first-order valence-electron chi connectivity index (χ1n) is 11.5. The predicted molar refractivity (Wildman–Crippen MR) is 138 cm³/mol. The van der Waals surface area contributed by atoms with Gasteiger partial charge in [-0.1, -0.05) is 48.9 Å². The fourth-order valence-electron chi connectivity index (χ4n) is 3.64. The Hall–Kier alpha value is -2.18. The van der Waals surface area contributed by atoms with Gasteiger partial charge in [0, 0.05) is 10.2 Å². The Bertz CT molecular complexity index is 920. The molecule has 0 aliphatic carbocycles. The summed E-state index contributed by atoms with van der Waals surface area (Å²) in [5.74, 6) is 1.57. The van der Waals surface area contributed by atoms with Gasteiger partial charge in [-0.25, -0.2) is 9.59 Å². The Morgan fingerprint density at radius 3 is 2.06 bits per heavy atom. The lowest BCUT2D eigenvalue weighted by Crippen LogP contribution is -2.31. The van der Waals surface area contributed by atoms with Gasteiger partial charge in [-0.15, -0.1) is 23.5 Å². The Balaban J connectivity index is 1.69. The van der Waals surface area contributed by atoms with E-state index in [9.17, 15) is 9.59 Å². The molecular weight excluding hydrogens is 452 g/mol. The second-order valence-corrected chi connectivity index (χ2v) is 10.6. The summed E-state index contributed by atoms with van der Waals surface area (Å²) in [6.07, 6.45) is 3.21. The van der Waals surface area contributed by atoms with Crippen molar-refractivity contribution in [1.82, 2.24) is 0 Å². The second kappa shape index (κ2) is 13.5. The lowest BCUT2D eigenvalue weighted by molar-refractivity contribution is -0.00756. The number of ether oxygens (including phenoxy) is 2. The topological polar surface area (TPSA) is 52.6 Å². The summed E-state index contributed by atoms with van der Waals surface area (Å²) in [5.41, 5.74) is 2.41. The number of benzene rings is 2. The zero-order valence-electron chi connectivity index (χ0n) is 19.3. The fraction of sp³-hybridized carbons (Fsp3) is 0.407. The highest BCUT2D eigenvalue weighted by atomic mass is 32.2. The molecular formula is C27H32O4S2. The van der Waals surface area contributed by atoms with Crippen LogP contribution in [0.1, 0.15) is 60.2 Å². The van der Waals surface area contributed by atoms with Gasteiger partial charge in [0.25, 0.3) is 0 Å². The summed E-state index contributed by atoms with van der Waals surface area (Å²) in [6.45, 7) is 4.44. The molecule has 0 radical (unpaired) electrons. The number of esters is 2. The van der Waals surface area contributed by atoms with Gasteiger partial charge >= 0.3 is 11.9 Å². The quantitative estimate of drug-likeness (QED) is 0.339. The van der Waals surface area contributed by atoms with Crippen LogP contribution in [0.25, 0.3) is 0 Å². The average molecular weight is 485 g/mol. The van der Waals surface area contributed by atoms with E-state index in [0.717, 1.165) is 12.8 Å². The van der Waals surface area contributed by atoms with E-state index < -0.39 is 0 Å². The van der Waals surface area contributed by atoms with E-state index in [4.69, 9.17) is 9.47 Å². The van der Waals surface area contributed by atoms with Crippen LogP contribution in [0.4, 0.5) is 0 Å². The lowest BCUT2D eigenvalue weighted by atomic mass is 9.95. The number of rotatable bonds is 10. The van der Waals surface area contributed by atoms with E-state index in [2.05, 4.69) is 6.92 Å². The third-order valence-corrected chi connectivity index (χ3v) is 8.58. The van der Waals surface area contributed by atoms with Crippen molar-refractivity contribution in [2.75, 3.05) is 18.1 Å². The average Bonchev–Trinajstić information content (AvgIpc) is 2.88. The molecule has 0 spiro atoms. The monoisotopic (exact) mass is 484 g/mol. The molecule has 0 aromatic heterocycles. The van der Waals surface area contributed by atoms with E-state index >= 15 is 0 Å². The zero-order valence-corrected chi connectivity index (χ0v) is 21.0. The Morgan fingerprint density at radius 2 is 1.48 bits per heavy atom. The van der Waals surface area contributed by atoms with Gasteiger partial charge in [0.15, 0.2) is 0 Å². The largest absolute Gasteiger partial charge is 0.462 e. The lowest BCUT2D eigenvalue weighted by Gasteiger charge is -2.27. The molecule has 6 heteroatoms. The van der Waals surface area contributed by atoms with Crippen LogP contribution in [-0.2, 0) is 9.47 Å². The molecule has 0 saturated carbocycles. The summed E-state index contributed by atoms with van der Waals surface area (Å²) < 4.78 is 13.0. The van der Waals surface area contributed by atoms with Crippen LogP contribution in [-0.4, -0.2) is 36.2 Å². The van der Waals surface area contributed by atoms with Crippen molar-refractivity contribution in [3.05, 3.63) is 81.6 Å².